The fourth-order valence-electron chi connectivity index (χ4n) is 6.43. The van der Waals surface area contributed by atoms with E-state index in [0.717, 1.165) is 12.0 Å². The molecule has 3 aliphatic rings. The van der Waals surface area contributed by atoms with E-state index >= 15 is 0 Å². The number of hydrogen-bond acceptors (Lipinski definition) is 4. The van der Waals surface area contributed by atoms with Gasteiger partial charge in [-0.3, -0.25) is 9.59 Å². The predicted octanol–water partition coefficient (Wildman–Crippen LogP) is 4.40. The Balaban J connectivity index is 1.56. The van der Waals surface area contributed by atoms with Crippen molar-refractivity contribution >= 4 is 11.7 Å². The minimum Gasteiger partial charge on any atom is -0.341 e. The molecule has 1 aromatic carbocycles. The fourth-order valence-corrected chi connectivity index (χ4v) is 6.43. The van der Waals surface area contributed by atoms with E-state index in [9.17, 15) is 18.4 Å². The molecule has 7 heteroatoms. The Morgan fingerprint density at radius 1 is 1.16 bits per heavy atom. The average Bonchev–Trinajstić information content (AvgIpc) is 3.41. The maximum absolute atomic E-state index is 14.4. The Labute approximate surface area is 186 Å². The summed E-state index contributed by atoms with van der Waals surface area (Å²) < 4.78 is 28.7. The highest BCUT2D eigenvalue weighted by molar-refractivity contribution is 5.93. The number of carbonyl (C=O) groups excluding carboxylic acids is 2. The summed E-state index contributed by atoms with van der Waals surface area (Å²) in [5.41, 5.74) is 0.234. The standard InChI is InChI=1S/C25H27F2N3O2/c1-4-20(31)14-9-11-30(13-14)23(32)25-10-8-16(24(25,2)3)15-12-19(28-29-22(15)25)21-17(26)6-5-7-18(21)27/h5-7,12,14,16H,4,8-11,13H2,1-3H3/t14?,16-,25+/m1/s1. The van der Waals surface area contributed by atoms with Gasteiger partial charge in [0.05, 0.1) is 22.4 Å². The van der Waals surface area contributed by atoms with Crippen molar-refractivity contribution in [2.75, 3.05) is 13.1 Å². The summed E-state index contributed by atoms with van der Waals surface area (Å²) in [6, 6.07) is 5.45. The summed E-state index contributed by atoms with van der Waals surface area (Å²) in [7, 11) is 0. The second-order valence-corrected chi connectivity index (χ2v) is 9.91. The van der Waals surface area contributed by atoms with E-state index in [-0.39, 0.29) is 34.8 Å². The number of carbonyl (C=O) groups is 2. The SMILES string of the molecule is CCC(=O)C1CCN(C(=O)[C@]23CC[C@H](c4cc(-c5c(F)cccc5F)nnc42)C3(C)C)C1. The van der Waals surface area contributed by atoms with Gasteiger partial charge in [0, 0.05) is 25.4 Å². The molecular weight excluding hydrogens is 412 g/mol. The summed E-state index contributed by atoms with van der Waals surface area (Å²) in [6.07, 6.45) is 2.65. The summed E-state index contributed by atoms with van der Waals surface area (Å²) in [6.45, 7) is 7.04. The number of fused-ring (bicyclic) bond motifs is 5. The number of nitrogens with zero attached hydrogens (tertiary/aromatic N) is 3. The maximum Gasteiger partial charge on any atom is 0.235 e. The molecule has 1 aromatic heterocycles. The van der Waals surface area contributed by atoms with Gasteiger partial charge in [-0.2, -0.15) is 5.10 Å². The van der Waals surface area contributed by atoms with Crippen LogP contribution in [0.3, 0.4) is 0 Å². The van der Waals surface area contributed by atoms with Crippen LogP contribution in [0.5, 0.6) is 0 Å². The largest absolute Gasteiger partial charge is 0.341 e. The van der Waals surface area contributed by atoms with Crippen LogP contribution in [0, 0.1) is 23.0 Å². The van der Waals surface area contributed by atoms with Crippen molar-refractivity contribution in [1.29, 1.82) is 0 Å². The molecule has 2 bridgehead atoms. The quantitative estimate of drug-likeness (QED) is 0.708. The zero-order chi connectivity index (χ0) is 22.8. The molecule has 0 N–H and O–H groups in total. The van der Waals surface area contributed by atoms with Crippen LogP contribution in [0.4, 0.5) is 8.78 Å². The monoisotopic (exact) mass is 439 g/mol. The molecule has 5 rings (SSSR count). The second-order valence-electron chi connectivity index (χ2n) is 9.91. The molecule has 1 saturated carbocycles. The molecular formula is C25H27F2N3O2. The topological polar surface area (TPSA) is 63.2 Å². The van der Waals surface area contributed by atoms with E-state index < -0.39 is 22.5 Å². The number of hydrogen-bond donors (Lipinski definition) is 0. The highest BCUT2D eigenvalue weighted by Crippen LogP contribution is 2.68. The lowest BCUT2D eigenvalue weighted by Crippen LogP contribution is -2.51. The lowest BCUT2D eigenvalue weighted by atomic mass is 9.67. The third-order valence-corrected chi connectivity index (χ3v) is 8.25. The van der Waals surface area contributed by atoms with Crippen molar-refractivity contribution < 1.29 is 18.4 Å². The van der Waals surface area contributed by atoms with E-state index in [1.165, 1.54) is 18.2 Å². The second kappa shape index (κ2) is 7.15. The molecule has 0 radical (unpaired) electrons. The van der Waals surface area contributed by atoms with Crippen molar-refractivity contribution in [3.05, 3.63) is 47.2 Å². The summed E-state index contributed by atoms with van der Waals surface area (Å²) in [5.74, 6) is -1.20. The van der Waals surface area contributed by atoms with Crippen molar-refractivity contribution in [2.24, 2.45) is 11.3 Å². The van der Waals surface area contributed by atoms with E-state index in [0.29, 0.717) is 38.0 Å². The first-order valence-corrected chi connectivity index (χ1v) is 11.4. The first-order valence-electron chi connectivity index (χ1n) is 11.4. The van der Waals surface area contributed by atoms with Gasteiger partial charge < -0.3 is 4.90 Å². The number of rotatable bonds is 4. The smallest absolute Gasteiger partial charge is 0.235 e. The highest BCUT2D eigenvalue weighted by Gasteiger charge is 2.68. The molecule has 1 amide bonds. The Hall–Kier alpha value is -2.70. The molecule has 32 heavy (non-hydrogen) atoms. The molecule has 1 unspecified atom stereocenters. The van der Waals surface area contributed by atoms with E-state index in [4.69, 9.17) is 0 Å². The number of benzene rings is 1. The Kier molecular flexibility index (Phi) is 4.73. The van der Waals surface area contributed by atoms with Gasteiger partial charge in [0.2, 0.25) is 5.91 Å². The zero-order valence-corrected chi connectivity index (χ0v) is 18.6. The molecule has 5 nitrogen and oxygen atoms in total. The van der Waals surface area contributed by atoms with Crippen LogP contribution in [0.2, 0.25) is 0 Å². The van der Waals surface area contributed by atoms with Gasteiger partial charge in [-0.15, -0.1) is 5.10 Å². The Morgan fingerprint density at radius 2 is 1.88 bits per heavy atom. The average molecular weight is 440 g/mol. The molecule has 2 heterocycles. The van der Waals surface area contributed by atoms with Gasteiger partial charge in [-0.1, -0.05) is 26.8 Å². The van der Waals surface area contributed by atoms with E-state index in [1.807, 2.05) is 11.8 Å². The molecule has 168 valence electrons. The number of Topliss-reactive ketones (excluding diaryl/α,β-unsaturated/α-hetero) is 1. The summed E-state index contributed by atoms with van der Waals surface area (Å²) in [5, 5.41) is 8.62. The van der Waals surface area contributed by atoms with Crippen LogP contribution in [-0.4, -0.2) is 39.9 Å². The maximum atomic E-state index is 14.4. The number of ketones is 1. The van der Waals surface area contributed by atoms with Gasteiger partial charge >= 0.3 is 0 Å². The van der Waals surface area contributed by atoms with Crippen LogP contribution < -0.4 is 0 Å². The zero-order valence-electron chi connectivity index (χ0n) is 18.6. The molecule has 1 saturated heterocycles. The Morgan fingerprint density at radius 3 is 2.56 bits per heavy atom. The molecule has 0 spiro atoms. The van der Waals surface area contributed by atoms with Crippen molar-refractivity contribution in [3.8, 4) is 11.3 Å². The highest BCUT2D eigenvalue weighted by atomic mass is 19.1. The minimum absolute atomic E-state index is 0.00859. The van der Waals surface area contributed by atoms with Gasteiger partial charge in [0.25, 0.3) is 0 Å². The van der Waals surface area contributed by atoms with Gasteiger partial charge in [-0.25, -0.2) is 8.78 Å². The third kappa shape index (κ3) is 2.66. The normalized spacial score (nSPS) is 27.6. The number of aromatic nitrogens is 2. The number of amides is 1. The van der Waals surface area contributed by atoms with Crippen LogP contribution in [-0.2, 0) is 15.0 Å². The lowest BCUT2D eigenvalue weighted by Gasteiger charge is -2.39. The summed E-state index contributed by atoms with van der Waals surface area (Å²) in [4.78, 5) is 28.0. The number of halogens is 2. The van der Waals surface area contributed by atoms with Crippen LogP contribution >= 0.6 is 0 Å². The molecule has 3 atom stereocenters. The van der Waals surface area contributed by atoms with Crippen LogP contribution in [0.1, 0.15) is 63.6 Å². The van der Waals surface area contributed by atoms with E-state index in [2.05, 4.69) is 24.0 Å². The van der Waals surface area contributed by atoms with Crippen LogP contribution in [0.15, 0.2) is 24.3 Å². The van der Waals surface area contributed by atoms with Gasteiger partial charge in [0.15, 0.2) is 0 Å². The predicted molar refractivity (Wildman–Crippen MR) is 115 cm³/mol. The van der Waals surface area contributed by atoms with Gasteiger partial charge in [0.1, 0.15) is 17.4 Å². The summed E-state index contributed by atoms with van der Waals surface area (Å²) >= 11 is 0. The van der Waals surface area contributed by atoms with Crippen molar-refractivity contribution in [1.82, 2.24) is 15.1 Å². The number of likely N-dealkylation sites (tertiary alicyclic amines) is 1. The van der Waals surface area contributed by atoms with Crippen molar-refractivity contribution in [2.45, 2.75) is 57.8 Å². The fraction of sp³-hybridized carbons (Fsp3) is 0.520. The molecule has 2 fully saturated rings. The first kappa shape index (κ1) is 21.2. The Bertz CT molecular complexity index is 1110. The molecule has 2 aromatic rings. The third-order valence-electron chi connectivity index (χ3n) is 8.25. The van der Waals surface area contributed by atoms with Crippen LogP contribution in [0.25, 0.3) is 11.3 Å². The van der Waals surface area contributed by atoms with E-state index in [1.54, 1.807) is 6.07 Å². The van der Waals surface area contributed by atoms with Gasteiger partial charge in [-0.05, 0) is 54.4 Å². The van der Waals surface area contributed by atoms with Crippen molar-refractivity contribution in [3.63, 3.8) is 0 Å². The first-order chi connectivity index (χ1) is 15.2. The molecule has 1 aliphatic heterocycles. The molecule has 2 aliphatic carbocycles. The minimum atomic E-state index is -0.823. The lowest BCUT2D eigenvalue weighted by molar-refractivity contribution is -0.140.